The van der Waals surface area contributed by atoms with Crippen LogP contribution in [-0.2, 0) is 0 Å². The molecule has 0 fully saturated rings. The van der Waals surface area contributed by atoms with Crippen molar-refractivity contribution in [2.24, 2.45) is 0 Å². The molecule has 2 rings (SSSR count). The summed E-state index contributed by atoms with van der Waals surface area (Å²) in [5.74, 6) is -0.140. The number of benzene rings is 1. The Morgan fingerprint density at radius 2 is 1.96 bits per heavy atom. The van der Waals surface area contributed by atoms with Gasteiger partial charge in [0.1, 0.15) is 5.69 Å². The van der Waals surface area contributed by atoms with Crippen molar-refractivity contribution >= 4 is 17.3 Å². The number of pyridine rings is 1. The molecule has 128 valence electrons. The summed E-state index contributed by atoms with van der Waals surface area (Å²) in [5, 5.41) is 6.27. The Morgan fingerprint density at radius 1 is 1.17 bits per heavy atom. The van der Waals surface area contributed by atoms with Crippen molar-refractivity contribution in [2.75, 3.05) is 32.5 Å². The topological polar surface area (TPSA) is 57.3 Å². The van der Waals surface area contributed by atoms with Gasteiger partial charge in [-0.25, -0.2) is 0 Å². The van der Waals surface area contributed by atoms with E-state index in [1.807, 2.05) is 20.2 Å². The fourth-order valence-corrected chi connectivity index (χ4v) is 2.35. The Hall–Kier alpha value is -2.40. The first-order chi connectivity index (χ1) is 11.5. The standard InChI is InChI=1S/C19H26N4O/c1-14-6-7-15(2)17(12-14)22-16-8-10-20-18(13-16)19(24)21-9-5-11-23(3)4/h6-8,10,12-13H,5,9,11H2,1-4H3,(H,20,22)(H,21,24). The van der Waals surface area contributed by atoms with Gasteiger partial charge in [0, 0.05) is 24.1 Å². The van der Waals surface area contributed by atoms with Crippen LogP contribution in [0.4, 0.5) is 11.4 Å². The molecule has 5 heteroatoms. The number of carbonyl (C=O) groups excluding carboxylic acids is 1. The number of nitrogens with one attached hydrogen (secondary N) is 2. The molecule has 1 aromatic carbocycles. The molecule has 0 bridgehead atoms. The fourth-order valence-electron chi connectivity index (χ4n) is 2.35. The van der Waals surface area contributed by atoms with Crippen molar-refractivity contribution in [3.63, 3.8) is 0 Å². The molecule has 0 aliphatic heterocycles. The lowest BCUT2D eigenvalue weighted by atomic mass is 10.1. The van der Waals surface area contributed by atoms with Crippen molar-refractivity contribution in [3.05, 3.63) is 53.3 Å². The van der Waals surface area contributed by atoms with Crippen LogP contribution in [0.3, 0.4) is 0 Å². The number of rotatable bonds is 7. The van der Waals surface area contributed by atoms with Crippen LogP contribution in [0.25, 0.3) is 0 Å². The summed E-state index contributed by atoms with van der Waals surface area (Å²) >= 11 is 0. The Labute approximate surface area is 144 Å². The summed E-state index contributed by atoms with van der Waals surface area (Å²) in [7, 11) is 4.04. The van der Waals surface area contributed by atoms with Crippen LogP contribution < -0.4 is 10.6 Å². The van der Waals surface area contributed by atoms with Gasteiger partial charge < -0.3 is 15.5 Å². The Kier molecular flexibility index (Phi) is 6.32. The highest BCUT2D eigenvalue weighted by Crippen LogP contribution is 2.21. The molecule has 24 heavy (non-hydrogen) atoms. The van der Waals surface area contributed by atoms with Crippen LogP contribution in [0.15, 0.2) is 36.5 Å². The molecule has 0 aliphatic carbocycles. The summed E-state index contributed by atoms with van der Waals surface area (Å²) in [5.41, 5.74) is 4.67. The number of amides is 1. The van der Waals surface area contributed by atoms with Crippen LogP contribution in [-0.4, -0.2) is 43.0 Å². The van der Waals surface area contributed by atoms with Gasteiger partial charge in [-0.15, -0.1) is 0 Å². The van der Waals surface area contributed by atoms with E-state index in [1.54, 1.807) is 12.3 Å². The minimum atomic E-state index is -0.140. The molecule has 5 nitrogen and oxygen atoms in total. The third-order valence-corrected chi connectivity index (χ3v) is 3.73. The zero-order valence-corrected chi connectivity index (χ0v) is 14.9. The minimum Gasteiger partial charge on any atom is -0.355 e. The van der Waals surface area contributed by atoms with Gasteiger partial charge in [-0.3, -0.25) is 9.78 Å². The maximum atomic E-state index is 12.2. The highest BCUT2D eigenvalue weighted by atomic mass is 16.1. The monoisotopic (exact) mass is 326 g/mol. The molecular weight excluding hydrogens is 300 g/mol. The van der Waals surface area contributed by atoms with Crippen LogP contribution >= 0.6 is 0 Å². The van der Waals surface area contributed by atoms with Gasteiger partial charge in [-0.2, -0.15) is 0 Å². The van der Waals surface area contributed by atoms with E-state index in [0.29, 0.717) is 12.2 Å². The van der Waals surface area contributed by atoms with Gasteiger partial charge in [0.25, 0.3) is 5.91 Å². The average molecular weight is 326 g/mol. The molecule has 2 aromatic rings. The second-order valence-electron chi connectivity index (χ2n) is 6.29. The molecule has 0 atom stereocenters. The van der Waals surface area contributed by atoms with Crippen molar-refractivity contribution in [1.29, 1.82) is 0 Å². The predicted octanol–water partition coefficient (Wildman–Crippen LogP) is 3.12. The molecule has 1 amide bonds. The number of carbonyl (C=O) groups is 1. The first kappa shape index (κ1) is 17.9. The maximum Gasteiger partial charge on any atom is 0.269 e. The zero-order chi connectivity index (χ0) is 17.5. The highest BCUT2D eigenvalue weighted by molar-refractivity contribution is 5.93. The third-order valence-electron chi connectivity index (χ3n) is 3.73. The number of hydrogen-bond donors (Lipinski definition) is 2. The highest BCUT2D eigenvalue weighted by Gasteiger charge is 2.08. The van der Waals surface area contributed by atoms with Gasteiger partial charge in [-0.1, -0.05) is 12.1 Å². The van der Waals surface area contributed by atoms with Crippen LogP contribution in [0.1, 0.15) is 28.0 Å². The lowest BCUT2D eigenvalue weighted by molar-refractivity contribution is 0.0947. The molecule has 0 saturated heterocycles. The number of aromatic nitrogens is 1. The van der Waals surface area contributed by atoms with Crippen molar-refractivity contribution in [2.45, 2.75) is 20.3 Å². The predicted molar refractivity (Wildman–Crippen MR) is 98.9 cm³/mol. The number of aryl methyl sites for hydroxylation is 2. The normalized spacial score (nSPS) is 10.7. The molecule has 1 aromatic heterocycles. The molecule has 0 unspecified atom stereocenters. The maximum absolute atomic E-state index is 12.2. The lowest BCUT2D eigenvalue weighted by Crippen LogP contribution is -2.27. The van der Waals surface area contributed by atoms with Gasteiger partial charge in [0.05, 0.1) is 0 Å². The lowest BCUT2D eigenvalue weighted by Gasteiger charge is -2.12. The van der Waals surface area contributed by atoms with Crippen LogP contribution in [0.5, 0.6) is 0 Å². The minimum absolute atomic E-state index is 0.140. The Bertz CT molecular complexity index is 698. The molecular formula is C19H26N4O. The van der Waals surface area contributed by atoms with Gasteiger partial charge in [0.15, 0.2) is 0 Å². The summed E-state index contributed by atoms with van der Waals surface area (Å²) in [6.07, 6.45) is 2.57. The van der Waals surface area contributed by atoms with E-state index in [0.717, 1.165) is 29.9 Å². The molecule has 2 N–H and O–H groups in total. The largest absolute Gasteiger partial charge is 0.355 e. The quantitative estimate of drug-likeness (QED) is 0.768. The van der Waals surface area contributed by atoms with Crippen molar-refractivity contribution in [3.8, 4) is 0 Å². The number of nitrogens with zero attached hydrogens (tertiary/aromatic N) is 2. The molecule has 0 spiro atoms. The second-order valence-corrected chi connectivity index (χ2v) is 6.29. The average Bonchev–Trinajstić information content (AvgIpc) is 2.55. The molecule has 0 aliphatic rings. The van der Waals surface area contributed by atoms with E-state index in [9.17, 15) is 4.79 Å². The summed E-state index contributed by atoms with van der Waals surface area (Å²) in [6.45, 7) is 5.71. The first-order valence-corrected chi connectivity index (χ1v) is 8.19. The first-order valence-electron chi connectivity index (χ1n) is 8.19. The zero-order valence-electron chi connectivity index (χ0n) is 14.9. The van der Waals surface area contributed by atoms with Gasteiger partial charge >= 0.3 is 0 Å². The smallest absolute Gasteiger partial charge is 0.269 e. The van der Waals surface area contributed by atoms with E-state index >= 15 is 0 Å². The fraction of sp³-hybridized carbons (Fsp3) is 0.368. The number of hydrogen-bond acceptors (Lipinski definition) is 4. The van der Waals surface area contributed by atoms with E-state index < -0.39 is 0 Å². The van der Waals surface area contributed by atoms with Crippen molar-refractivity contribution in [1.82, 2.24) is 15.2 Å². The van der Waals surface area contributed by atoms with E-state index in [2.05, 4.69) is 52.6 Å². The van der Waals surface area contributed by atoms with Gasteiger partial charge in [0.2, 0.25) is 0 Å². The summed E-state index contributed by atoms with van der Waals surface area (Å²) < 4.78 is 0. The second kappa shape index (κ2) is 8.45. The van der Waals surface area contributed by atoms with Crippen molar-refractivity contribution < 1.29 is 4.79 Å². The van der Waals surface area contributed by atoms with Crippen LogP contribution in [0.2, 0.25) is 0 Å². The number of anilines is 2. The van der Waals surface area contributed by atoms with E-state index in [4.69, 9.17) is 0 Å². The van der Waals surface area contributed by atoms with Crippen LogP contribution in [0, 0.1) is 13.8 Å². The van der Waals surface area contributed by atoms with E-state index in [1.165, 1.54) is 5.56 Å². The Balaban J connectivity index is 2.00. The third kappa shape index (κ3) is 5.35. The summed E-state index contributed by atoms with van der Waals surface area (Å²) in [4.78, 5) is 18.5. The Morgan fingerprint density at radius 3 is 2.71 bits per heavy atom. The molecule has 1 heterocycles. The summed E-state index contributed by atoms with van der Waals surface area (Å²) in [6, 6.07) is 9.90. The molecule has 0 saturated carbocycles. The molecule has 0 radical (unpaired) electrons. The van der Waals surface area contributed by atoms with E-state index in [-0.39, 0.29) is 5.91 Å². The SMILES string of the molecule is Cc1ccc(C)c(Nc2ccnc(C(=O)NCCCN(C)C)c2)c1. The van der Waals surface area contributed by atoms with Gasteiger partial charge in [-0.05, 0) is 70.2 Å².